The van der Waals surface area contributed by atoms with Crippen molar-refractivity contribution in [1.29, 1.82) is 0 Å². The summed E-state index contributed by atoms with van der Waals surface area (Å²) in [6.07, 6.45) is 0. The number of nitrogens with one attached hydrogen (secondary N) is 1. The third-order valence-corrected chi connectivity index (χ3v) is 3.28. The van der Waals surface area contributed by atoms with Crippen molar-refractivity contribution in [3.63, 3.8) is 0 Å². The largest absolute Gasteiger partial charge is 0.491 e. The van der Waals surface area contributed by atoms with Crippen molar-refractivity contribution in [2.24, 2.45) is 0 Å². The molecule has 0 aliphatic rings. The maximum atomic E-state index is 5.81. The first-order valence-corrected chi connectivity index (χ1v) is 6.79. The van der Waals surface area contributed by atoms with E-state index in [-0.39, 0.29) is 0 Å². The molecule has 2 rings (SSSR count). The molecule has 18 heavy (non-hydrogen) atoms. The van der Waals surface area contributed by atoms with Gasteiger partial charge in [0.15, 0.2) is 0 Å². The summed E-state index contributed by atoms with van der Waals surface area (Å²) >= 11 is 9.25. The fourth-order valence-electron chi connectivity index (χ4n) is 1.49. The second-order valence-electron chi connectivity index (χ2n) is 3.71. The van der Waals surface area contributed by atoms with Gasteiger partial charge in [0.05, 0.1) is 4.47 Å². The van der Waals surface area contributed by atoms with E-state index in [2.05, 4.69) is 21.2 Å². The predicted molar refractivity (Wildman–Crippen MR) is 79.6 cm³/mol. The fraction of sp³-hybridized carbons (Fsp3) is 0.143. The monoisotopic (exact) mass is 325 g/mol. The van der Waals surface area contributed by atoms with E-state index in [0.717, 1.165) is 27.5 Å². The van der Waals surface area contributed by atoms with Crippen LogP contribution in [0.2, 0.25) is 5.02 Å². The van der Waals surface area contributed by atoms with Crippen LogP contribution in [0.3, 0.4) is 0 Å². The van der Waals surface area contributed by atoms with Crippen molar-refractivity contribution in [2.45, 2.75) is 0 Å². The van der Waals surface area contributed by atoms with E-state index in [1.807, 2.05) is 48.5 Å². The van der Waals surface area contributed by atoms with Crippen LogP contribution in [0.25, 0.3) is 0 Å². The van der Waals surface area contributed by atoms with E-state index >= 15 is 0 Å². The Morgan fingerprint density at radius 1 is 1.06 bits per heavy atom. The molecule has 94 valence electrons. The maximum absolute atomic E-state index is 5.81. The SMILES string of the molecule is Clc1ccc(NCCOc2ccccc2Br)cc1. The first-order chi connectivity index (χ1) is 8.75. The summed E-state index contributed by atoms with van der Waals surface area (Å²) in [6, 6.07) is 15.4. The maximum Gasteiger partial charge on any atom is 0.133 e. The van der Waals surface area contributed by atoms with Crippen LogP contribution in [-0.2, 0) is 0 Å². The van der Waals surface area contributed by atoms with E-state index in [9.17, 15) is 0 Å². The highest BCUT2D eigenvalue weighted by Gasteiger charge is 1.98. The Balaban J connectivity index is 1.76. The van der Waals surface area contributed by atoms with Crippen LogP contribution >= 0.6 is 27.5 Å². The summed E-state index contributed by atoms with van der Waals surface area (Å²) in [6.45, 7) is 1.34. The van der Waals surface area contributed by atoms with Crippen LogP contribution in [0.1, 0.15) is 0 Å². The molecule has 0 saturated heterocycles. The van der Waals surface area contributed by atoms with Gasteiger partial charge < -0.3 is 10.1 Å². The molecule has 0 aromatic heterocycles. The first-order valence-electron chi connectivity index (χ1n) is 5.62. The van der Waals surface area contributed by atoms with Gasteiger partial charge in [-0.25, -0.2) is 0 Å². The highest BCUT2D eigenvalue weighted by atomic mass is 79.9. The number of benzene rings is 2. The smallest absolute Gasteiger partial charge is 0.133 e. The van der Waals surface area contributed by atoms with Gasteiger partial charge in [0, 0.05) is 17.3 Å². The van der Waals surface area contributed by atoms with Gasteiger partial charge in [-0.05, 0) is 52.3 Å². The zero-order chi connectivity index (χ0) is 12.8. The van der Waals surface area contributed by atoms with Crippen molar-refractivity contribution in [2.75, 3.05) is 18.5 Å². The van der Waals surface area contributed by atoms with Gasteiger partial charge in [0.1, 0.15) is 12.4 Å². The molecular weight excluding hydrogens is 314 g/mol. The number of para-hydroxylation sites is 1. The zero-order valence-corrected chi connectivity index (χ0v) is 12.0. The molecule has 0 heterocycles. The molecule has 0 spiro atoms. The third-order valence-electron chi connectivity index (χ3n) is 2.37. The molecule has 0 unspecified atom stereocenters. The van der Waals surface area contributed by atoms with E-state index in [1.165, 1.54) is 0 Å². The molecule has 0 aliphatic heterocycles. The van der Waals surface area contributed by atoms with Gasteiger partial charge in [0.25, 0.3) is 0 Å². The van der Waals surface area contributed by atoms with Gasteiger partial charge in [0.2, 0.25) is 0 Å². The molecule has 4 heteroatoms. The molecule has 2 nitrogen and oxygen atoms in total. The average Bonchev–Trinajstić information content (AvgIpc) is 2.39. The number of ether oxygens (including phenoxy) is 1. The van der Waals surface area contributed by atoms with Gasteiger partial charge >= 0.3 is 0 Å². The Hall–Kier alpha value is -1.19. The van der Waals surface area contributed by atoms with Crippen LogP contribution < -0.4 is 10.1 Å². The van der Waals surface area contributed by atoms with Gasteiger partial charge in [-0.15, -0.1) is 0 Å². The van der Waals surface area contributed by atoms with Crippen molar-refractivity contribution in [3.8, 4) is 5.75 Å². The minimum absolute atomic E-state index is 0.602. The normalized spacial score (nSPS) is 10.1. The van der Waals surface area contributed by atoms with Gasteiger partial charge in [-0.1, -0.05) is 23.7 Å². The highest BCUT2D eigenvalue weighted by molar-refractivity contribution is 9.10. The van der Waals surface area contributed by atoms with E-state index in [1.54, 1.807) is 0 Å². The second kappa shape index (κ2) is 6.66. The number of halogens is 2. The molecule has 2 aromatic carbocycles. The summed E-state index contributed by atoms with van der Waals surface area (Å²) in [7, 11) is 0. The Morgan fingerprint density at radius 3 is 2.50 bits per heavy atom. The average molecular weight is 327 g/mol. The van der Waals surface area contributed by atoms with Gasteiger partial charge in [-0.2, -0.15) is 0 Å². The lowest BCUT2D eigenvalue weighted by Crippen LogP contribution is -2.11. The third kappa shape index (κ3) is 3.93. The second-order valence-corrected chi connectivity index (χ2v) is 5.00. The molecule has 0 aliphatic carbocycles. The molecule has 0 atom stereocenters. The molecule has 0 amide bonds. The van der Waals surface area contributed by atoms with Gasteiger partial charge in [-0.3, -0.25) is 0 Å². The van der Waals surface area contributed by atoms with Crippen LogP contribution in [0.5, 0.6) is 5.75 Å². The molecule has 1 N–H and O–H groups in total. The molecule has 0 radical (unpaired) electrons. The number of rotatable bonds is 5. The molecule has 2 aromatic rings. The van der Waals surface area contributed by atoms with Crippen molar-refractivity contribution >= 4 is 33.2 Å². The minimum atomic E-state index is 0.602. The van der Waals surface area contributed by atoms with E-state index in [4.69, 9.17) is 16.3 Å². The lowest BCUT2D eigenvalue weighted by atomic mass is 10.3. The highest BCUT2D eigenvalue weighted by Crippen LogP contribution is 2.23. The van der Waals surface area contributed by atoms with Crippen molar-refractivity contribution in [3.05, 3.63) is 58.0 Å². The Morgan fingerprint density at radius 2 is 1.78 bits per heavy atom. The molecule has 0 bridgehead atoms. The zero-order valence-electron chi connectivity index (χ0n) is 9.70. The molecule has 0 fully saturated rings. The minimum Gasteiger partial charge on any atom is -0.491 e. The Kier molecular flexibility index (Phi) is 4.90. The fourth-order valence-corrected chi connectivity index (χ4v) is 2.01. The van der Waals surface area contributed by atoms with E-state index in [0.29, 0.717) is 6.61 Å². The Labute approximate surface area is 120 Å². The lowest BCUT2D eigenvalue weighted by molar-refractivity contribution is 0.331. The summed E-state index contributed by atoms with van der Waals surface area (Å²) in [5.74, 6) is 0.857. The topological polar surface area (TPSA) is 21.3 Å². The predicted octanol–water partition coefficient (Wildman–Crippen LogP) is 4.59. The van der Waals surface area contributed by atoms with Crippen LogP contribution in [0.15, 0.2) is 53.0 Å². The standard InChI is InChI=1S/C14H13BrClNO/c15-13-3-1-2-4-14(13)18-10-9-17-12-7-5-11(16)6-8-12/h1-8,17H,9-10H2. The van der Waals surface area contributed by atoms with Crippen molar-refractivity contribution in [1.82, 2.24) is 0 Å². The number of hydrogen-bond donors (Lipinski definition) is 1. The summed E-state index contributed by atoms with van der Waals surface area (Å²) in [5, 5.41) is 4.00. The summed E-state index contributed by atoms with van der Waals surface area (Å²) in [5.41, 5.74) is 1.04. The van der Waals surface area contributed by atoms with Crippen LogP contribution in [0.4, 0.5) is 5.69 Å². The van der Waals surface area contributed by atoms with Crippen molar-refractivity contribution < 1.29 is 4.74 Å². The van der Waals surface area contributed by atoms with Crippen LogP contribution in [0, 0.1) is 0 Å². The summed E-state index contributed by atoms with van der Waals surface area (Å²) < 4.78 is 6.62. The van der Waals surface area contributed by atoms with Crippen LogP contribution in [-0.4, -0.2) is 13.2 Å². The Bertz CT molecular complexity index is 501. The number of anilines is 1. The quantitative estimate of drug-likeness (QED) is 0.811. The van der Waals surface area contributed by atoms with E-state index < -0.39 is 0 Å². The molecule has 0 saturated carbocycles. The number of hydrogen-bond acceptors (Lipinski definition) is 2. The molecular formula is C14H13BrClNO. The summed E-state index contributed by atoms with van der Waals surface area (Å²) in [4.78, 5) is 0. The lowest BCUT2D eigenvalue weighted by Gasteiger charge is -2.09. The first kappa shape index (κ1) is 13.2.